The second-order valence-corrected chi connectivity index (χ2v) is 8.28. The highest BCUT2D eigenvalue weighted by Crippen LogP contribution is 2.39. The van der Waals surface area contributed by atoms with Crippen LogP contribution in [0.5, 0.6) is 5.75 Å². The maximum atomic E-state index is 11.8. The van der Waals surface area contributed by atoms with Crippen molar-refractivity contribution >= 4 is 20.7 Å². The Kier molecular flexibility index (Phi) is 3.61. The van der Waals surface area contributed by atoms with Gasteiger partial charge in [-0.2, -0.15) is 0 Å². The third-order valence-corrected chi connectivity index (χ3v) is 5.73. The Morgan fingerprint density at radius 3 is 2.80 bits per heavy atom. The molecule has 6 nitrogen and oxygen atoms in total. The standard InChI is InChI=1S/C18H18N2O4S/c1-25(22,23)17-5-2-10(6-11(17)8-21)16-7-13-15(20-16)4-3-12-14(19)9-24-18(12)13/h2-7,14,20-21H,8-9,19H2,1H3. The van der Waals surface area contributed by atoms with Gasteiger partial charge in [0.25, 0.3) is 0 Å². The van der Waals surface area contributed by atoms with Crippen molar-refractivity contribution in [2.75, 3.05) is 12.9 Å². The molecule has 4 N–H and O–H groups in total. The van der Waals surface area contributed by atoms with Crippen LogP contribution in [0.1, 0.15) is 17.2 Å². The van der Waals surface area contributed by atoms with Crippen molar-refractivity contribution in [3.8, 4) is 17.0 Å². The summed E-state index contributed by atoms with van der Waals surface area (Å²) < 4.78 is 29.3. The van der Waals surface area contributed by atoms with E-state index in [2.05, 4.69) is 4.98 Å². The van der Waals surface area contributed by atoms with E-state index < -0.39 is 9.84 Å². The first-order chi connectivity index (χ1) is 11.9. The Morgan fingerprint density at radius 1 is 1.28 bits per heavy atom. The number of H-pyrrole nitrogens is 1. The number of rotatable bonds is 3. The van der Waals surface area contributed by atoms with Gasteiger partial charge in [-0.3, -0.25) is 0 Å². The fraction of sp³-hybridized carbons (Fsp3) is 0.222. The number of aromatic amines is 1. The molecule has 1 aromatic heterocycles. The van der Waals surface area contributed by atoms with Crippen LogP contribution in [-0.4, -0.2) is 31.4 Å². The zero-order valence-corrected chi connectivity index (χ0v) is 14.4. The van der Waals surface area contributed by atoms with Crippen molar-refractivity contribution in [2.45, 2.75) is 17.5 Å². The normalized spacial score (nSPS) is 16.8. The molecule has 0 radical (unpaired) electrons. The molecule has 1 atom stereocenters. The minimum Gasteiger partial charge on any atom is -0.491 e. The quantitative estimate of drug-likeness (QED) is 0.665. The van der Waals surface area contributed by atoms with Crippen LogP contribution in [0.2, 0.25) is 0 Å². The van der Waals surface area contributed by atoms with Crippen LogP contribution >= 0.6 is 0 Å². The lowest BCUT2D eigenvalue weighted by molar-refractivity contribution is 0.278. The Labute approximate surface area is 145 Å². The third-order valence-electron chi connectivity index (χ3n) is 4.53. The average Bonchev–Trinajstić information content (AvgIpc) is 3.17. The zero-order chi connectivity index (χ0) is 17.8. The minimum absolute atomic E-state index is 0.118. The summed E-state index contributed by atoms with van der Waals surface area (Å²) in [4.78, 5) is 3.46. The van der Waals surface area contributed by atoms with Gasteiger partial charge < -0.3 is 20.6 Å². The molecule has 0 amide bonds. The zero-order valence-electron chi connectivity index (χ0n) is 13.6. The Bertz CT molecular complexity index is 1090. The van der Waals surface area contributed by atoms with Gasteiger partial charge in [0.15, 0.2) is 9.84 Å². The highest BCUT2D eigenvalue weighted by atomic mass is 32.2. The van der Waals surface area contributed by atoms with Gasteiger partial charge in [0.2, 0.25) is 0 Å². The van der Waals surface area contributed by atoms with Crippen molar-refractivity contribution < 1.29 is 18.3 Å². The molecule has 0 saturated carbocycles. The Balaban J connectivity index is 1.85. The number of ether oxygens (including phenoxy) is 1. The number of nitrogens with two attached hydrogens (primary N) is 1. The maximum absolute atomic E-state index is 11.8. The van der Waals surface area contributed by atoms with Crippen molar-refractivity contribution in [2.24, 2.45) is 5.73 Å². The Hall–Kier alpha value is -2.35. The first kappa shape index (κ1) is 16.1. The van der Waals surface area contributed by atoms with E-state index in [4.69, 9.17) is 10.5 Å². The number of hydrogen-bond donors (Lipinski definition) is 3. The second-order valence-electron chi connectivity index (χ2n) is 6.30. The average molecular weight is 358 g/mol. The van der Waals surface area contributed by atoms with Gasteiger partial charge in [0, 0.05) is 28.4 Å². The van der Waals surface area contributed by atoms with Gasteiger partial charge in [-0.15, -0.1) is 0 Å². The summed E-state index contributed by atoms with van der Waals surface area (Å²) in [6, 6.07) is 10.7. The van der Waals surface area contributed by atoms with E-state index in [1.54, 1.807) is 12.1 Å². The molecule has 0 aliphatic carbocycles. The summed E-state index contributed by atoms with van der Waals surface area (Å²) in [7, 11) is -3.39. The number of fused-ring (bicyclic) bond motifs is 3. The highest BCUT2D eigenvalue weighted by Gasteiger charge is 2.24. The molecule has 7 heteroatoms. The van der Waals surface area contributed by atoms with E-state index in [9.17, 15) is 13.5 Å². The van der Waals surface area contributed by atoms with E-state index in [-0.39, 0.29) is 17.5 Å². The van der Waals surface area contributed by atoms with Crippen molar-refractivity contribution in [3.63, 3.8) is 0 Å². The third kappa shape index (κ3) is 2.60. The molecule has 1 unspecified atom stereocenters. The minimum atomic E-state index is -3.39. The topological polar surface area (TPSA) is 105 Å². The number of sulfone groups is 1. The molecule has 0 saturated heterocycles. The van der Waals surface area contributed by atoms with Gasteiger partial charge in [-0.05, 0) is 35.4 Å². The van der Waals surface area contributed by atoms with E-state index in [1.807, 2.05) is 18.2 Å². The van der Waals surface area contributed by atoms with Crippen LogP contribution in [0.3, 0.4) is 0 Å². The smallest absolute Gasteiger partial charge is 0.175 e. The SMILES string of the molecule is CS(=O)(=O)c1ccc(-c2cc3c4c(ccc3[nH]2)C(N)CO4)cc1CO. The number of nitrogens with one attached hydrogen (secondary N) is 1. The van der Waals surface area contributed by atoms with Gasteiger partial charge >= 0.3 is 0 Å². The number of aromatic nitrogens is 1. The van der Waals surface area contributed by atoms with E-state index in [0.29, 0.717) is 12.2 Å². The van der Waals surface area contributed by atoms with Crippen LogP contribution in [0.15, 0.2) is 41.3 Å². The van der Waals surface area contributed by atoms with Crippen molar-refractivity contribution in [3.05, 3.63) is 47.5 Å². The van der Waals surface area contributed by atoms with Crippen LogP contribution in [0.4, 0.5) is 0 Å². The first-order valence-corrected chi connectivity index (χ1v) is 9.76. The second kappa shape index (κ2) is 5.59. The summed E-state index contributed by atoms with van der Waals surface area (Å²) >= 11 is 0. The van der Waals surface area contributed by atoms with Crippen LogP contribution in [0, 0.1) is 0 Å². The predicted octanol–water partition coefficient (Wildman–Crippen LogP) is 2.12. The summed E-state index contributed by atoms with van der Waals surface area (Å²) in [6.45, 7) is 0.122. The lowest BCUT2D eigenvalue weighted by atomic mass is 10.1. The molecule has 1 aliphatic rings. The summed E-state index contributed by atoms with van der Waals surface area (Å²) in [5, 5.41) is 10.5. The molecule has 1 aliphatic heterocycles. The van der Waals surface area contributed by atoms with Crippen molar-refractivity contribution in [1.29, 1.82) is 0 Å². The van der Waals surface area contributed by atoms with Gasteiger partial charge in [-0.25, -0.2) is 8.42 Å². The molecule has 130 valence electrons. The van der Waals surface area contributed by atoms with Crippen LogP contribution in [-0.2, 0) is 16.4 Å². The van der Waals surface area contributed by atoms with Gasteiger partial charge in [0.05, 0.1) is 17.5 Å². The van der Waals surface area contributed by atoms with E-state index in [1.165, 1.54) is 6.07 Å². The van der Waals surface area contributed by atoms with E-state index >= 15 is 0 Å². The first-order valence-electron chi connectivity index (χ1n) is 7.86. The molecule has 0 fully saturated rings. The molecule has 2 aromatic carbocycles. The molecule has 3 aromatic rings. The number of aliphatic hydroxyl groups excluding tert-OH is 1. The lowest BCUT2D eigenvalue weighted by Crippen LogP contribution is -2.10. The summed E-state index contributed by atoms with van der Waals surface area (Å²) in [5.74, 6) is 0.794. The fourth-order valence-electron chi connectivity index (χ4n) is 3.30. The summed E-state index contributed by atoms with van der Waals surface area (Å²) in [6.07, 6.45) is 1.13. The number of hydrogen-bond acceptors (Lipinski definition) is 5. The molecule has 4 rings (SSSR count). The largest absolute Gasteiger partial charge is 0.491 e. The molecule has 0 spiro atoms. The highest BCUT2D eigenvalue weighted by molar-refractivity contribution is 7.90. The van der Waals surface area contributed by atoms with Crippen LogP contribution in [0.25, 0.3) is 22.2 Å². The lowest BCUT2D eigenvalue weighted by Gasteiger charge is -2.07. The molecular formula is C18H18N2O4S. The summed E-state index contributed by atoms with van der Waals surface area (Å²) in [5.41, 5.74) is 9.93. The number of aliphatic hydroxyl groups is 1. The van der Waals surface area contributed by atoms with Crippen LogP contribution < -0.4 is 10.5 Å². The molecular weight excluding hydrogens is 340 g/mol. The van der Waals surface area contributed by atoms with Gasteiger partial charge in [0.1, 0.15) is 12.4 Å². The predicted molar refractivity (Wildman–Crippen MR) is 95.2 cm³/mol. The number of benzene rings is 2. The monoisotopic (exact) mass is 358 g/mol. The molecule has 0 bridgehead atoms. The molecule has 2 heterocycles. The van der Waals surface area contributed by atoms with Gasteiger partial charge in [-0.1, -0.05) is 12.1 Å². The van der Waals surface area contributed by atoms with E-state index in [0.717, 1.165) is 39.7 Å². The fourth-order valence-corrected chi connectivity index (χ4v) is 4.21. The molecule has 25 heavy (non-hydrogen) atoms. The van der Waals surface area contributed by atoms with Crippen molar-refractivity contribution in [1.82, 2.24) is 4.98 Å². The Morgan fingerprint density at radius 2 is 2.08 bits per heavy atom. The maximum Gasteiger partial charge on any atom is 0.175 e.